The van der Waals surface area contributed by atoms with Crippen molar-refractivity contribution in [3.63, 3.8) is 0 Å². The maximum atomic E-state index is 10.7. The van der Waals surface area contributed by atoms with Gasteiger partial charge in [-0.15, -0.1) is 0 Å². The standard InChI is InChI=1S/C11H19NOS/c1-10(13)4-3-7-12-8-5-11(14-2)6-9-12/h3-4,11H,5-9H2,1-2H3/b4-3+. The van der Waals surface area contributed by atoms with Gasteiger partial charge in [0, 0.05) is 11.8 Å². The molecule has 0 saturated carbocycles. The number of allylic oxidation sites excluding steroid dienone is 1. The van der Waals surface area contributed by atoms with Crippen LogP contribution >= 0.6 is 11.8 Å². The van der Waals surface area contributed by atoms with Gasteiger partial charge < -0.3 is 0 Å². The summed E-state index contributed by atoms with van der Waals surface area (Å²) >= 11 is 1.98. The summed E-state index contributed by atoms with van der Waals surface area (Å²) in [5.41, 5.74) is 0. The summed E-state index contributed by atoms with van der Waals surface area (Å²) in [5.74, 6) is 0.143. The number of carbonyl (C=O) groups is 1. The lowest BCUT2D eigenvalue weighted by atomic mass is 10.1. The molecule has 0 aromatic heterocycles. The maximum absolute atomic E-state index is 10.7. The first kappa shape index (κ1) is 11.8. The van der Waals surface area contributed by atoms with Gasteiger partial charge in [-0.1, -0.05) is 6.08 Å². The van der Waals surface area contributed by atoms with Crippen molar-refractivity contribution < 1.29 is 4.79 Å². The highest BCUT2D eigenvalue weighted by Gasteiger charge is 2.16. The normalized spacial score (nSPS) is 20.4. The smallest absolute Gasteiger partial charge is 0.152 e. The number of piperidine rings is 1. The second-order valence-corrected chi connectivity index (χ2v) is 4.89. The minimum atomic E-state index is 0.143. The van der Waals surface area contributed by atoms with Crippen molar-refractivity contribution in [1.29, 1.82) is 0 Å². The number of thioether (sulfide) groups is 1. The first-order chi connectivity index (χ1) is 6.72. The Hall–Kier alpha value is -0.280. The van der Waals surface area contributed by atoms with Crippen LogP contribution < -0.4 is 0 Å². The van der Waals surface area contributed by atoms with Crippen molar-refractivity contribution >= 4 is 17.5 Å². The number of carbonyl (C=O) groups excluding carboxylic acids is 1. The van der Waals surface area contributed by atoms with Crippen molar-refractivity contribution in [3.05, 3.63) is 12.2 Å². The van der Waals surface area contributed by atoms with Gasteiger partial charge in [0.2, 0.25) is 0 Å². The number of hydrogen-bond donors (Lipinski definition) is 0. The second-order valence-electron chi connectivity index (χ2n) is 3.75. The Morgan fingerprint density at radius 2 is 2.14 bits per heavy atom. The van der Waals surface area contributed by atoms with E-state index >= 15 is 0 Å². The molecule has 80 valence electrons. The number of nitrogens with zero attached hydrogens (tertiary/aromatic N) is 1. The molecule has 1 aliphatic rings. The van der Waals surface area contributed by atoms with Crippen molar-refractivity contribution in [2.45, 2.75) is 25.0 Å². The van der Waals surface area contributed by atoms with E-state index in [-0.39, 0.29) is 5.78 Å². The molecule has 3 heteroatoms. The Bertz CT molecular complexity index is 207. The van der Waals surface area contributed by atoms with E-state index in [9.17, 15) is 4.79 Å². The van der Waals surface area contributed by atoms with E-state index in [0.29, 0.717) is 0 Å². The van der Waals surface area contributed by atoms with Crippen LogP contribution in [0.25, 0.3) is 0 Å². The summed E-state index contributed by atoms with van der Waals surface area (Å²) in [6.07, 6.45) is 8.41. The fourth-order valence-corrected chi connectivity index (χ4v) is 2.38. The molecule has 0 aromatic rings. The third-order valence-corrected chi connectivity index (χ3v) is 3.72. The average molecular weight is 213 g/mol. The zero-order valence-electron chi connectivity index (χ0n) is 9.03. The quantitative estimate of drug-likeness (QED) is 0.666. The van der Waals surface area contributed by atoms with Crippen LogP contribution in [0.15, 0.2) is 12.2 Å². The largest absolute Gasteiger partial charge is 0.300 e. The Morgan fingerprint density at radius 1 is 1.50 bits per heavy atom. The maximum Gasteiger partial charge on any atom is 0.152 e. The lowest BCUT2D eigenvalue weighted by Gasteiger charge is -2.30. The third kappa shape index (κ3) is 4.29. The van der Waals surface area contributed by atoms with Crippen LogP contribution in [-0.2, 0) is 4.79 Å². The minimum Gasteiger partial charge on any atom is -0.300 e. The predicted octanol–water partition coefficient (Wildman–Crippen LogP) is 1.96. The summed E-state index contributed by atoms with van der Waals surface area (Å²) in [7, 11) is 0. The topological polar surface area (TPSA) is 20.3 Å². The van der Waals surface area contributed by atoms with E-state index in [4.69, 9.17) is 0 Å². The van der Waals surface area contributed by atoms with Gasteiger partial charge >= 0.3 is 0 Å². The Balaban J connectivity index is 2.19. The molecule has 0 aliphatic carbocycles. The zero-order chi connectivity index (χ0) is 10.4. The van der Waals surface area contributed by atoms with E-state index < -0.39 is 0 Å². The van der Waals surface area contributed by atoms with Crippen LogP contribution in [0.2, 0.25) is 0 Å². The van der Waals surface area contributed by atoms with E-state index in [1.807, 2.05) is 17.8 Å². The molecule has 0 radical (unpaired) electrons. The SMILES string of the molecule is CSC1CCN(C/C=C/C(C)=O)CC1. The molecule has 14 heavy (non-hydrogen) atoms. The molecule has 1 fully saturated rings. The first-order valence-corrected chi connectivity index (χ1v) is 6.43. The van der Waals surface area contributed by atoms with Crippen LogP contribution in [0.1, 0.15) is 19.8 Å². The highest BCUT2D eigenvalue weighted by atomic mass is 32.2. The third-order valence-electron chi connectivity index (χ3n) is 2.58. The Labute approximate surface area is 90.7 Å². The number of rotatable bonds is 4. The highest BCUT2D eigenvalue weighted by molar-refractivity contribution is 7.99. The minimum absolute atomic E-state index is 0.143. The van der Waals surface area contributed by atoms with Gasteiger partial charge in [0.15, 0.2) is 5.78 Å². The fourth-order valence-electron chi connectivity index (χ4n) is 1.70. The van der Waals surface area contributed by atoms with Crippen molar-refractivity contribution in [1.82, 2.24) is 4.90 Å². The Morgan fingerprint density at radius 3 is 2.64 bits per heavy atom. The summed E-state index contributed by atoms with van der Waals surface area (Å²) in [6.45, 7) is 4.87. The lowest BCUT2D eigenvalue weighted by Crippen LogP contribution is -2.34. The molecular weight excluding hydrogens is 194 g/mol. The molecule has 2 nitrogen and oxygen atoms in total. The molecule has 0 atom stereocenters. The van der Waals surface area contributed by atoms with Crippen molar-refractivity contribution in [2.75, 3.05) is 25.9 Å². The summed E-state index contributed by atoms with van der Waals surface area (Å²) in [6, 6.07) is 0. The molecule has 0 bridgehead atoms. The van der Waals surface area contributed by atoms with Gasteiger partial charge in [0.1, 0.15) is 0 Å². The second kappa shape index (κ2) is 6.25. The molecule has 1 saturated heterocycles. The molecule has 0 amide bonds. The Kier molecular flexibility index (Phi) is 5.26. The van der Waals surface area contributed by atoms with Crippen LogP contribution in [0.4, 0.5) is 0 Å². The van der Waals surface area contributed by atoms with Crippen molar-refractivity contribution in [3.8, 4) is 0 Å². The molecule has 1 heterocycles. The van der Waals surface area contributed by atoms with Gasteiger partial charge in [0.05, 0.1) is 0 Å². The number of likely N-dealkylation sites (tertiary alicyclic amines) is 1. The molecule has 1 rings (SSSR count). The van der Waals surface area contributed by atoms with E-state index in [1.54, 1.807) is 13.0 Å². The molecule has 0 aromatic carbocycles. The number of hydrogen-bond acceptors (Lipinski definition) is 3. The molecule has 0 spiro atoms. The summed E-state index contributed by atoms with van der Waals surface area (Å²) in [5, 5.41) is 0.850. The van der Waals surface area contributed by atoms with E-state index in [0.717, 1.165) is 11.8 Å². The predicted molar refractivity (Wildman–Crippen MR) is 62.8 cm³/mol. The van der Waals surface area contributed by atoms with Crippen LogP contribution in [-0.4, -0.2) is 41.8 Å². The molecule has 0 N–H and O–H groups in total. The average Bonchev–Trinajstić information content (AvgIpc) is 2.18. The number of ketones is 1. The first-order valence-electron chi connectivity index (χ1n) is 5.14. The molecule has 1 aliphatic heterocycles. The zero-order valence-corrected chi connectivity index (χ0v) is 9.85. The fraction of sp³-hybridized carbons (Fsp3) is 0.727. The van der Waals surface area contributed by atoms with Gasteiger partial charge in [-0.05, 0) is 45.2 Å². The van der Waals surface area contributed by atoms with Crippen LogP contribution in [0.5, 0.6) is 0 Å². The molecule has 0 unspecified atom stereocenters. The van der Waals surface area contributed by atoms with Gasteiger partial charge in [-0.25, -0.2) is 0 Å². The van der Waals surface area contributed by atoms with Gasteiger partial charge in [-0.2, -0.15) is 11.8 Å². The van der Waals surface area contributed by atoms with Crippen LogP contribution in [0.3, 0.4) is 0 Å². The summed E-state index contributed by atoms with van der Waals surface area (Å²) in [4.78, 5) is 13.1. The molecular formula is C11H19NOS. The van der Waals surface area contributed by atoms with Crippen LogP contribution in [0, 0.1) is 0 Å². The van der Waals surface area contributed by atoms with Gasteiger partial charge in [-0.3, -0.25) is 9.69 Å². The van der Waals surface area contributed by atoms with E-state index in [1.165, 1.54) is 25.9 Å². The summed E-state index contributed by atoms with van der Waals surface area (Å²) < 4.78 is 0. The van der Waals surface area contributed by atoms with Gasteiger partial charge in [0.25, 0.3) is 0 Å². The van der Waals surface area contributed by atoms with E-state index in [2.05, 4.69) is 11.2 Å². The lowest BCUT2D eigenvalue weighted by molar-refractivity contribution is -0.112. The monoisotopic (exact) mass is 213 g/mol. The highest BCUT2D eigenvalue weighted by Crippen LogP contribution is 2.20. The van der Waals surface area contributed by atoms with Crippen molar-refractivity contribution in [2.24, 2.45) is 0 Å².